The Morgan fingerprint density at radius 1 is 1.42 bits per heavy atom. The second-order valence-electron chi connectivity index (χ2n) is 3.53. The van der Waals surface area contributed by atoms with Gasteiger partial charge >= 0.3 is 12.0 Å². The largest absolute Gasteiger partial charge is 0.478 e. The third kappa shape index (κ3) is 5.54. The molecular weight excluding hydrogens is 292 g/mol. The normalized spacial score (nSPS) is 10.4. The second kappa shape index (κ2) is 6.91. The fraction of sp³-hybridized carbons (Fsp3) is 0.182. The zero-order chi connectivity index (χ0) is 14.4. The van der Waals surface area contributed by atoms with Gasteiger partial charge in [-0.15, -0.1) is 11.3 Å². The molecule has 0 radical (unpaired) electrons. The molecule has 0 bridgehead atoms. The molecule has 0 aromatic carbocycles. The first-order valence-corrected chi connectivity index (χ1v) is 6.29. The van der Waals surface area contributed by atoms with Crippen LogP contribution in [-0.4, -0.2) is 35.0 Å². The summed E-state index contributed by atoms with van der Waals surface area (Å²) in [7, 11) is 1.51. The molecule has 1 heterocycles. The number of carbonyl (C=O) groups excluding carboxylic acids is 2. The average Bonchev–Trinajstić information content (AvgIpc) is 2.72. The van der Waals surface area contributed by atoms with Crippen LogP contribution < -0.4 is 5.32 Å². The van der Waals surface area contributed by atoms with Crippen molar-refractivity contribution in [2.45, 2.75) is 6.54 Å². The molecule has 0 aliphatic carbocycles. The van der Waals surface area contributed by atoms with Crippen molar-refractivity contribution in [2.24, 2.45) is 0 Å². The molecule has 2 N–H and O–H groups in total. The van der Waals surface area contributed by atoms with Crippen molar-refractivity contribution in [3.05, 3.63) is 33.5 Å². The number of hydrogen-bond donors (Lipinski definition) is 2. The second-order valence-corrected chi connectivity index (χ2v) is 5.33. The Bertz CT molecular complexity index is 527. The zero-order valence-electron chi connectivity index (χ0n) is 9.92. The summed E-state index contributed by atoms with van der Waals surface area (Å²) in [5, 5.41) is 10.4. The van der Waals surface area contributed by atoms with Crippen molar-refractivity contribution in [3.63, 3.8) is 0 Å². The lowest BCUT2D eigenvalue weighted by molar-refractivity contribution is -0.131. The van der Waals surface area contributed by atoms with E-state index in [1.54, 1.807) is 12.1 Å². The van der Waals surface area contributed by atoms with Crippen molar-refractivity contribution in [2.75, 3.05) is 7.05 Å². The van der Waals surface area contributed by atoms with Gasteiger partial charge in [-0.2, -0.15) is 0 Å². The predicted octanol–water partition coefficient (Wildman–Crippen LogP) is 1.71. The van der Waals surface area contributed by atoms with Gasteiger partial charge in [-0.05, 0) is 12.1 Å². The van der Waals surface area contributed by atoms with E-state index in [1.165, 1.54) is 23.3 Å². The number of nitrogens with zero attached hydrogens (tertiary/aromatic N) is 1. The quantitative estimate of drug-likeness (QED) is 0.829. The summed E-state index contributed by atoms with van der Waals surface area (Å²) in [5.41, 5.74) is 0. The lowest BCUT2D eigenvalue weighted by Gasteiger charge is -2.15. The number of aliphatic carboxylic acids is 1. The Hall–Kier alpha value is -1.86. The summed E-state index contributed by atoms with van der Waals surface area (Å²) in [6.07, 6.45) is 1.43. The van der Waals surface area contributed by atoms with Crippen molar-refractivity contribution in [1.29, 1.82) is 0 Å². The first-order chi connectivity index (χ1) is 8.88. The summed E-state index contributed by atoms with van der Waals surface area (Å²) in [6.45, 7) is 0.305. The number of hydrogen-bond acceptors (Lipinski definition) is 4. The van der Waals surface area contributed by atoms with Gasteiger partial charge < -0.3 is 10.0 Å². The fourth-order valence-electron chi connectivity index (χ4n) is 1.13. The number of imide groups is 1. The Labute approximate surface area is 118 Å². The summed E-state index contributed by atoms with van der Waals surface area (Å²) in [4.78, 5) is 35.1. The molecule has 0 atom stereocenters. The van der Waals surface area contributed by atoms with Crippen molar-refractivity contribution >= 4 is 40.8 Å². The number of halogens is 1. The minimum absolute atomic E-state index is 0.305. The van der Waals surface area contributed by atoms with Gasteiger partial charge in [0.05, 0.1) is 10.9 Å². The maximum Gasteiger partial charge on any atom is 0.328 e. The van der Waals surface area contributed by atoms with Crippen LogP contribution in [0.15, 0.2) is 24.3 Å². The monoisotopic (exact) mass is 302 g/mol. The zero-order valence-corrected chi connectivity index (χ0v) is 11.5. The number of thiophene rings is 1. The maximum atomic E-state index is 11.6. The van der Waals surface area contributed by atoms with Gasteiger partial charge in [-0.3, -0.25) is 10.1 Å². The van der Waals surface area contributed by atoms with Crippen LogP contribution in [0.1, 0.15) is 4.88 Å². The van der Waals surface area contributed by atoms with E-state index in [2.05, 4.69) is 0 Å². The van der Waals surface area contributed by atoms with Crippen LogP contribution in [-0.2, 0) is 16.1 Å². The van der Waals surface area contributed by atoms with Crippen molar-refractivity contribution < 1.29 is 19.5 Å². The number of amides is 3. The molecule has 6 nitrogen and oxygen atoms in total. The minimum atomic E-state index is -1.26. The Morgan fingerprint density at radius 2 is 2.11 bits per heavy atom. The molecule has 0 fully saturated rings. The van der Waals surface area contributed by atoms with Gasteiger partial charge in [0.1, 0.15) is 0 Å². The van der Waals surface area contributed by atoms with Gasteiger partial charge in [0, 0.05) is 24.1 Å². The Morgan fingerprint density at radius 3 is 2.63 bits per heavy atom. The van der Waals surface area contributed by atoms with Crippen LogP contribution in [0.2, 0.25) is 4.34 Å². The van der Waals surface area contributed by atoms with E-state index >= 15 is 0 Å². The lowest BCUT2D eigenvalue weighted by atomic mass is 10.4. The summed E-state index contributed by atoms with van der Waals surface area (Å²) >= 11 is 7.09. The summed E-state index contributed by atoms with van der Waals surface area (Å²) < 4.78 is 0.615. The molecule has 1 aromatic heterocycles. The van der Waals surface area contributed by atoms with Gasteiger partial charge in [0.15, 0.2) is 0 Å². The lowest BCUT2D eigenvalue weighted by Crippen LogP contribution is -2.39. The molecule has 8 heteroatoms. The van der Waals surface area contributed by atoms with Gasteiger partial charge in [0.2, 0.25) is 0 Å². The third-order valence-corrected chi connectivity index (χ3v) is 3.19. The molecule has 0 saturated heterocycles. The van der Waals surface area contributed by atoms with E-state index in [9.17, 15) is 14.4 Å². The number of carbonyl (C=O) groups is 3. The van der Waals surface area contributed by atoms with E-state index in [4.69, 9.17) is 16.7 Å². The first-order valence-electron chi connectivity index (χ1n) is 5.10. The highest BCUT2D eigenvalue weighted by Gasteiger charge is 2.12. The summed E-state index contributed by atoms with van der Waals surface area (Å²) in [5.74, 6) is -2.05. The fourth-order valence-corrected chi connectivity index (χ4v) is 2.27. The average molecular weight is 303 g/mol. The highest BCUT2D eigenvalue weighted by atomic mass is 35.5. The van der Waals surface area contributed by atoms with Crippen LogP contribution in [0.4, 0.5) is 4.79 Å². The number of nitrogens with one attached hydrogen (secondary N) is 1. The first kappa shape index (κ1) is 15.2. The van der Waals surface area contributed by atoms with Gasteiger partial charge in [-0.25, -0.2) is 9.59 Å². The molecule has 0 unspecified atom stereocenters. The molecule has 3 amide bonds. The highest BCUT2D eigenvalue weighted by Crippen LogP contribution is 2.22. The van der Waals surface area contributed by atoms with Crippen LogP contribution in [0.3, 0.4) is 0 Å². The molecule has 102 valence electrons. The van der Waals surface area contributed by atoms with Gasteiger partial charge in [0.25, 0.3) is 5.91 Å². The number of carboxylic acid groups (broad SMARTS) is 1. The highest BCUT2D eigenvalue weighted by molar-refractivity contribution is 7.16. The number of urea groups is 1. The smallest absolute Gasteiger partial charge is 0.328 e. The Kier molecular flexibility index (Phi) is 5.53. The number of rotatable bonds is 4. The summed E-state index contributed by atoms with van der Waals surface area (Å²) in [6, 6.07) is 2.88. The van der Waals surface area contributed by atoms with E-state index in [1.807, 2.05) is 5.32 Å². The van der Waals surface area contributed by atoms with Crippen molar-refractivity contribution in [3.8, 4) is 0 Å². The van der Waals surface area contributed by atoms with Crippen molar-refractivity contribution in [1.82, 2.24) is 10.2 Å². The van der Waals surface area contributed by atoms with E-state index in [0.717, 1.165) is 11.0 Å². The molecule has 1 aromatic rings. The predicted molar refractivity (Wildman–Crippen MR) is 71.1 cm³/mol. The molecule has 0 aliphatic rings. The molecule has 0 saturated carbocycles. The minimum Gasteiger partial charge on any atom is -0.478 e. The molecule has 19 heavy (non-hydrogen) atoms. The maximum absolute atomic E-state index is 11.6. The number of carboxylic acids is 1. The topological polar surface area (TPSA) is 86.7 Å². The molecule has 1 rings (SSSR count). The third-order valence-electron chi connectivity index (χ3n) is 1.98. The Balaban J connectivity index is 2.49. The molecule has 0 aliphatic heterocycles. The van der Waals surface area contributed by atoms with E-state index in [0.29, 0.717) is 17.0 Å². The van der Waals surface area contributed by atoms with Crippen LogP contribution in [0.5, 0.6) is 0 Å². The van der Waals surface area contributed by atoms with Crippen LogP contribution in [0, 0.1) is 0 Å². The SMILES string of the molecule is CN(Cc1ccc(Cl)s1)C(=O)NC(=O)/C=C/C(=O)O. The van der Waals surface area contributed by atoms with E-state index in [-0.39, 0.29) is 0 Å². The standard InChI is InChI=1S/C11H11ClN2O4S/c1-14(6-7-2-3-8(12)19-7)11(18)13-9(15)4-5-10(16)17/h2-5H,6H2,1H3,(H,16,17)(H,13,15,18)/b5-4+. The molecule has 0 spiro atoms. The van der Waals surface area contributed by atoms with E-state index < -0.39 is 17.9 Å². The van der Waals surface area contributed by atoms with Crippen LogP contribution in [0.25, 0.3) is 0 Å². The van der Waals surface area contributed by atoms with Gasteiger partial charge in [-0.1, -0.05) is 11.6 Å². The van der Waals surface area contributed by atoms with Crippen LogP contribution >= 0.6 is 22.9 Å². The molecular formula is C11H11ClN2O4S.